The van der Waals surface area contributed by atoms with Crippen LogP contribution >= 0.6 is 0 Å². The summed E-state index contributed by atoms with van der Waals surface area (Å²) in [6, 6.07) is 7.00. The molecule has 94 valence electrons. The fourth-order valence-corrected chi connectivity index (χ4v) is 1.67. The second-order valence-electron chi connectivity index (χ2n) is 4.29. The molecule has 1 aromatic rings. The van der Waals surface area contributed by atoms with Crippen LogP contribution in [0.5, 0.6) is 0 Å². The topological polar surface area (TPSA) is 55.1 Å². The molecule has 0 aliphatic heterocycles. The highest BCUT2D eigenvalue weighted by atomic mass is 16.1. The quantitative estimate of drug-likeness (QED) is 0.563. The molecular weight excluding hydrogens is 212 g/mol. The predicted octanol–water partition coefficient (Wildman–Crippen LogP) is 2.97. The van der Waals surface area contributed by atoms with Gasteiger partial charge in [0.15, 0.2) is 0 Å². The van der Waals surface area contributed by atoms with Crippen molar-refractivity contribution < 1.29 is 4.79 Å². The van der Waals surface area contributed by atoms with Crippen molar-refractivity contribution in [3.63, 3.8) is 0 Å². The molecule has 0 saturated heterocycles. The van der Waals surface area contributed by atoms with E-state index in [9.17, 15) is 4.79 Å². The third kappa shape index (κ3) is 5.38. The van der Waals surface area contributed by atoms with Gasteiger partial charge < -0.3 is 11.1 Å². The van der Waals surface area contributed by atoms with Gasteiger partial charge in [-0.3, -0.25) is 4.79 Å². The Morgan fingerprint density at radius 1 is 1.12 bits per heavy atom. The summed E-state index contributed by atoms with van der Waals surface area (Å²) >= 11 is 0. The number of nitrogen functional groups attached to an aromatic ring is 1. The van der Waals surface area contributed by atoms with Crippen molar-refractivity contribution in [2.75, 3.05) is 12.3 Å². The zero-order chi connectivity index (χ0) is 12.5. The van der Waals surface area contributed by atoms with E-state index in [0.29, 0.717) is 11.3 Å². The molecule has 3 nitrogen and oxygen atoms in total. The molecule has 0 atom stereocenters. The normalized spacial score (nSPS) is 10.2. The molecule has 0 saturated carbocycles. The summed E-state index contributed by atoms with van der Waals surface area (Å²) in [4.78, 5) is 11.7. The predicted molar refractivity (Wildman–Crippen MR) is 71.9 cm³/mol. The number of nitrogens with one attached hydrogen (secondary N) is 1. The number of anilines is 1. The Hall–Kier alpha value is -1.51. The molecule has 3 heteroatoms. The Labute approximate surface area is 103 Å². The highest BCUT2D eigenvalue weighted by Crippen LogP contribution is 2.05. The SMILES string of the molecule is CCCCCCCNC(=O)c1ccc(N)cc1. The summed E-state index contributed by atoms with van der Waals surface area (Å²) in [6.07, 6.45) is 6.04. The van der Waals surface area contributed by atoms with Gasteiger partial charge in [-0.1, -0.05) is 32.6 Å². The van der Waals surface area contributed by atoms with Crippen molar-refractivity contribution in [2.45, 2.75) is 39.0 Å². The van der Waals surface area contributed by atoms with Gasteiger partial charge in [0.25, 0.3) is 5.91 Å². The number of rotatable bonds is 7. The molecule has 0 spiro atoms. The van der Waals surface area contributed by atoms with Gasteiger partial charge in [0.1, 0.15) is 0 Å². The largest absolute Gasteiger partial charge is 0.399 e. The van der Waals surface area contributed by atoms with Crippen molar-refractivity contribution in [3.05, 3.63) is 29.8 Å². The van der Waals surface area contributed by atoms with Crippen LogP contribution in [0.1, 0.15) is 49.4 Å². The molecule has 0 bridgehead atoms. The Kier molecular flexibility index (Phi) is 6.15. The van der Waals surface area contributed by atoms with E-state index in [1.165, 1.54) is 25.7 Å². The fourth-order valence-electron chi connectivity index (χ4n) is 1.67. The monoisotopic (exact) mass is 234 g/mol. The standard InChI is InChI=1S/C14H22N2O/c1-2-3-4-5-6-11-16-14(17)12-7-9-13(15)10-8-12/h7-10H,2-6,11,15H2,1H3,(H,16,17). The molecule has 1 aromatic carbocycles. The van der Waals surface area contributed by atoms with Gasteiger partial charge in [-0.2, -0.15) is 0 Å². The number of hydrogen-bond donors (Lipinski definition) is 2. The van der Waals surface area contributed by atoms with E-state index in [-0.39, 0.29) is 5.91 Å². The van der Waals surface area contributed by atoms with Crippen molar-refractivity contribution >= 4 is 11.6 Å². The Morgan fingerprint density at radius 2 is 1.76 bits per heavy atom. The maximum atomic E-state index is 11.7. The summed E-state index contributed by atoms with van der Waals surface area (Å²) in [5.74, 6) is -0.0134. The maximum Gasteiger partial charge on any atom is 0.251 e. The summed E-state index contributed by atoms with van der Waals surface area (Å²) in [6.45, 7) is 2.95. The molecule has 0 aliphatic carbocycles. The van der Waals surface area contributed by atoms with E-state index in [1.54, 1.807) is 24.3 Å². The van der Waals surface area contributed by atoms with Gasteiger partial charge in [0.2, 0.25) is 0 Å². The molecule has 0 fully saturated rings. The summed E-state index contributed by atoms with van der Waals surface area (Å²) < 4.78 is 0. The molecule has 17 heavy (non-hydrogen) atoms. The number of unbranched alkanes of at least 4 members (excludes halogenated alkanes) is 4. The van der Waals surface area contributed by atoms with Gasteiger partial charge in [-0.05, 0) is 30.7 Å². The van der Waals surface area contributed by atoms with Crippen LogP contribution in [0, 0.1) is 0 Å². The number of hydrogen-bond acceptors (Lipinski definition) is 2. The van der Waals surface area contributed by atoms with Crippen LogP contribution in [0.15, 0.2) is 24.3 Å². The van der Waals surface area contributed by atoms with Crippen LogP contribution in [0.2, 0.25) is 0 Å². The van der Waals surface area contributed by atoms with Crippen molar-refractivity contribution in [1.82, 2.24) is 5.32 Å². The first-order valence-corrected chi connectivity index (χ1v) is 6.37. The average Bonchev–Trinajstić information content (AvgIpc) is 2.34. The lowest BCUT2D eigenvalue weighted by molar-refractivity contribution is 0.0953. The molecule has 0 heterocycles. The highest BCUT2D eigenvalue weighted by molar-refractivity contribution is 5.94. The van der Waals surface area contributed by atoms with Crippen molar-refractivity contribution in [2.24, 2.45) is 0 Å². The molecular formula is C14H22N2O. The molecule has 0 radical (unpaired) electrons. The van der Waals surface area contributed by atoms with Gasteiger partial charge in [0, 0.05) is 17.8 Å². The lowest BCUT2D eigenvalue weighted by Gasteiger charge is -2.05. The Morgan fingerprint density at radius 3 is 2.41 bits per heavy atom. The first-order chi connectivity index (χ1) is 8.24. The molecule has 3 N–H and O–H groups in total. The average molecular weight is 234 g/mol. The Balaban J connectivity index is 2.19. The molecule has 0 unspecified atom stereocenters. The first-order valence-electron chi connectivity index (χ1n) is 6.37. The van der Waals surface area contributed by atoms with E-state index in [1.807, 2.05) is 0 Å². The van der Waals surface area contributed by atoms with Crippen molar-refractivity contribution in [1.29, 1.82) is 0 Å². The van der Waals surface area contributed by atoms with E-state index in [0.717, 1.165) is 13.0 Å². The molecule has 1 amide bonds. The van der Waals surface area contributed by atoms with Crippen LogP contribution < -0.4 is 11.1 Å². The lowest BCUT2D eigenvalue weighted by atomic mass is 10.1. The third-order valence-electron chi connectivity index (χ3n) is 2.74. The van der Waals surface area contributed by atoms with Gasteiger partial charge in [-0.25, -0.2) is 0 Å². The second kappa shape index (κ2) is 7.71. The van der Waals surface area contributed by atoms with E-state index < -0.39 is 0 Å². The molecule has 0 aromatic heterocycles. The van der Waals surface area contributed by atoms with E-state index >= 15 is 0 Å². The minimum atomic E-state index is -0.0134. The van der Waals surface area contributed by atoms with Crippen LogP contribution in [0.4, 0.5) is 5.69 Å². The summed E-state index contributed by atoms with van der Waals surface area (Å²) in [5, 5.41) is 2.92. The minimum Gasteiger partial charge on any atom is -0.399 e. The number of nitrogens with two attached hydrogens (primary N) is 1. The van der Waals surface area contributed by atoms with Crippen molar-refractivity contribution in [3.8, 4) is 0 Å². The first kappa shape index (κ1) is 13.6. The smallest absolute Gasteiger partial charge is 0.251 e. The van der Waals surface area contributed by atoms with Crippen LogP contribution in [0.25, 0.3) is 0 Å². The summed E-state index contributed by atoms with van der Waals surface area (Å²) in [7, 11) is 0. The van der Waals surface area contributed by atoms with Crippen LogP contribution in [-0.2, 0) is 0 Å². The van der Waals surface area contributed by atoms with Gasteiger partial charge >= 0.3 is 0 Å². The van der Waals surface area contributed by atoms with Gasteiger partial charge in [-0.15, -0.1) is 0 Å². The number of amides is 1. The lowest BCUT2D eigenvalue weighted by Crippen LogP contribution is -2.24. The van der Waals surface area contributed by atoms with E-state index in [2.05, 4.69) is 12.2 Å². The number of carbonyl (C=O) groups excluding carboxylic acids is 1. The highest BCUT2D eigenvalue weighted by Gasteiger charge is 2.03. The minimum absolute atomic E-state index is 0.0134. The summed E-state index contributed by atoms with van der Waals surface area (Å²) in [5.41, 5.74) is 6.92. The zero-order valence-corrected chi connectivity index (χ0v) is 10.5. The molecule has 1 rings (SSSR count). The van der Waals surface area contributed by atoms with Crippen LogP contribution in [-0.4, -0.2) is 12.5 Å². The third-order valence-corrected chi connectivity index (χ3v) is 2.74. The van der Waals surface area contributed by atoms with Gasteiger partial charge in [0.05, 0.1) is 0 Å². The second-order valence-corrected chi connectivity index (χ2v) is 4.29. The maximum absolute atomic E-state index is 11.7. The number of carbonyl (C=O) groups is 1. The fraction of sp³-hybridized carbons (Fsp3) is 0.500. The van der Waals surface area contributed by atoms with E-state index in [4.69, 9.17) is 5.73 Å². The van der Waals surface area contributed by atoms with Crippen LogP contribution in [0.3, 0.4) is 0 Å². The molecule has 0 aliphatic rings. The zero-order valence-electron chi connectivity index (χ0n) is 10.5. The number of benzene rings is 1. The Bertz CT molecular complexity index is 333.